The second-order valence-electron chi connectivity index (χ2n) is 10.7. The Bertz CT molecular complexity index is 1780. The molecular formula is C32H30F5N7O2S2. The highest BCUT2D eigenvalue weighted by molar-refractivity contribution is 8.15. The van der Waals surface area contributed by atoms with Crippen LogP contribution < -0.4 is 20.5 Å². The summed E-state index contributed by atoms with van der Waals surface area (Å²) in [5.41, 5.74) is 9.94. The number of thioether (sulfide) groups is 1. The molecule has 2 heterocycles. The van der Waals surface area contributed by atoms with Crippen LogP contribution in [0.2, 0.25) is 0 Å². The Morgan fingerprint density at radius 3 is 2.46 bits per heavy atom. The van der Waals surface area contributed by atoms with Gasteiger partial charge in [-0.3, -0.25) is 15.1 Å². The molecule has 1 unspecified atom stereocenters. The Morgan fingerprint density at radius 2 is 1.77 bits per heavy atom. The number of amides is 1. The molecule has 1 aliphatic heterocycles. The number of benzene rings is 3. The number of carbonyl (C=O) groups is 1. The van der Waals surface area contributed by atoms with Crippen molar-refractivity contribution < 1.29 is 31.5 Å². The van der Waals surface area contributed by atoms with Crippen LogP contribution >= 0.6 is 24.0 Å². The molecule has 1 atom stereocenters. The topological polar surface area (TPSA) is 96.7 Å². The van der Waals surface area contributed by atoms with Gasteiger partial charge in [0, 0.05) is 11.6 Å². The van der Waals surface area contributed by atoms with Crippen molar-refractivity contribution in [2.24, 2.45) is 4.99 Å². The lowest BCUT2D eigenvalue weighted by Gasteiger charge is -2.20. The standard InChI is InChI=1S/C32H30F5N7O2S2/c1-3-4-7-22-8-5-6-9-26(22)44-27(45)18-48-30(44)39-29(47)41-40-20(2)21-10-12-23(13-11-21)28-38-19-43(42-28)24-14-16-25(17-15-24)46-32(36,37)31(33,34)35/h5-6,8-17,19-20,40H,3-4,7,18H2,1-2H3,(H,41,47)/b39-30-. The lowest BCUT2D eigenvalue weighted by molar-refractivity contribution is -0.360. The maximum Gasteiger partial charge on any atom is 0.499 e. The van der Waals surface area contributed by atoms with Crippen LogP contribution in [0, 0.1) is 0 Å². The first-order valence-electron chi connectivity index (χ1n) is 14.8. The first kappa shape index (κ1) is 34.9. The van der Waals surface area contributed by atoms with Gasteiger partial charge in [-0.2, -0.15) is 26.9 Å². The summed E-state index contributed by atoms with van der Waals surface area (Å²) in [7, 11) is 0. The molecule has 4 aromatic rings. The number of nitrogens with zero attached hydrogens (tertiary/aromatic N) is 5. The van der Waals surface area contributed by atoms with E-state index in [4.69, 9.17) is 12.2 Å². The Morgan fingerprint density at radius 1 is 1.06 bits per heavy atom. The van der Waals surface area contributed by atoms with Crippen LogP contribution in [-0.2, 0) is 11.2 Å². The van der Waals surface area contributed by atoms with Crippen LogP contribution in [0.15, 0.2) is 84.1 Å². The van der Waals surface area contributed by atoms with Gasteiger partial charge in [0.25, 0.3) is 0 Å². The van der Waals surface area contributed by atoms with E-state index in [-0.39, 0.29) is 22.8 Å². The van der Waals surface area contributed by atoms with E-state index >= 15 is 0 Å². The van der Waals surface area contributed by atoms with Crippen LogP contribution in [0.4, 0.5) is 27.6 Å². The zero-order valence-corrected chi connectivity index (χ0v) is 27.3. The zero-order valence-electron chi connectivity index (χ0n) is 25.7. The number of nitrogens with one attached hydrogen (secondary N) is 2. The minimum atomic E-state index is -5.84. The van der Waals surface area contributed by atoms with Gasteiger partial charge in [0.05, 0.1) is 17.1 Å². The van der Waals surface area contributed by atoms with Crippen LogP contribution in [-0.4, -0.2) is 49.0 Å². The lowest BCUT2D eigenvalue weighted by atomic mass is 10.1. The fourth-order valence-corrected chi connectivity index (χ4v) is 5.74. The Hall–Kier alpha value is -4.41. The van der Waals surface area contributed by atoms with Crippen molar-refractivity contribution in [3.8, 4) is 22.8 Å². The predicted molar refractivity (Wildman–Crippen MR) is 178 cm³/mol. The molecule has 1 fully saturated rings. The van der Waals surface area contributed by atoms with E-state index in [1.807, 2.05) is 55.5 Å². The van der Waals surface area contributed by atoms with Crippen molar-refractivity contribution in [1.29, 1.82) is 0 Å². The highest BCUT2D eigenvalue weighted by Gasteiger charge is 2.61. The molecule has 9 nitrogen and oxygen atoms in total. The molecule has 252 valence electrons. The second kappa shape index (κ2) is 14.8. The molecule has 3 aromatic carbocycles. The number of aryl methyl sites for hydroxylation is 1. The van der Waals surface area contributed by atoms with Crippen LogP contribution in [0.25, 0.3) is 17.1 Å². The summed E-state index contributed by atoms with van der Waals surface area (Å²) in [5.74, 6) is -0.0573. The molecular weight excluding hydrogens is 674 g/mol. The fourth-order valence-electron chi connectivity index (χ4n) is 4.67. The SMILES string of the molecule is CCCCc1ccccc1N1C(=O)CS/C1=N\C(=S)NNC(C)c1ccc(-c2ncn(-c3ccc(OC(F)(F)C(F)(F)F)cc3)n2)cc1. The molecule has 2 N–H and O–H groups in total. The summed E-state index contributed by atoms with van der Waals surface area (Å²) in [6.45, 7) is 4.05. The van der Waals surface area contributed by atoms with Crippen molar-refractivity contribution in [2.75, 3.05) is 10.7 Å². The summed E-state index contributed by atoms with van der Waals surface area (Å²) in [6.07, 6.45) is -6.85. The van der Waals surface area contributed by atoms with Crippen molar-refractivity contribution in [2.45, 2.75) is 51.4 Å². The van der Waals surface area contributed by atoms with Gasteiger partial charge < -0.3 is 4.74 Å². The van der Waals surface area contributed by atoms with Gasteiger partial charge in [-0.1, -0.05) is 67.6 Å². The summed E-state index contributed by atoms with van der Waals surface area (Å²) in [6, 6.07) is 19.5. The van der Waals surface area contributed by atoms with E-state index in [9.17, 15) is 26.7 Å². The smallest absolute Gasteiger partial charge is 0.426 e. The maximum atomic E-state index is 13.2. The zero-order chi connectivity index (χ0) is 34.5. The number of anilines is 1. The summed E-state index contributed by atoms with van der Waals surface area (Å²) in [5, 5.41) is 5.07. The number of rotatable bonds is 11. The van der Waals surface area contributed by atoms with E-state index in [0.717, 1.165) is 48.2 Å². The average Bonchev–Trinajstić information content (AvgIpc) is 3.69. The summed E-state index contributed by atoms with van der Waals surface area (Å²) < 4.78 is 68.8. The number of hydrogen-bond acceptors (Lipinski definition) is 7. The first-order valence-corrected chi connectivity index (χ1v) is 16.2. The molecule has 1 aliphatic rings. The molecule has 48 heavy (non-hydrogen) atoms. The quantitative estimate of drug-likeness (QED) is 0.0949. The number of aromatic nitrogens is 3. The number of halogens is 5. The van der Waals surface area contributed by atoms with Crippen molar-refractivity contribution >= 4 is 45.9 Å². The largest absolute Gasteiger partial charge is 0.499 e. The van der Waals surface area contributed by atoms with Crippen LogP contribution in [0.1, 0.15) is 43.9 Å². The predicted octanol–water partition coefficient (Wildman–Crippen LogP) is 7.39. The molecule has 0 bridgehead atoms. The van der Waals surface area contributed by atoms with E-state index in [0.29, 0.717) is 22.2 Å². The number of thiocarbonyl (C=S) groups is 1. The van der Waals surface area contributed by atoms with Gasteiger partial charge in [-0.25, -0.2) is 15.1 Å². The van der Waals surface area contributed by atoms with Gasteiger partial charge in [0.1, 0.15) is 12.1 Å². The molecule has 0 saturated carbocycles. The normalized spacial score (nSPS) is 15.2. The number of alkyl halides is 5. The third-order valence-corrected chi connectivity index (χ3v) is 8.35. The average molecular weight is 704 g/mol. The number of hydrogen-bond donors (Lipinski definition) is 2. The van der Waals surface area contributed by atoms with Crippen molar-refractivity contribution in [3.05, 3.63) is 90.3 Å². The van der Waals surface area contributed by atoms with Gasteiger partial charge in [0.2, 0.25) is 11.0 Å². The third kappa shape index (κ3) is 8.17. The maximum absolute atomic E-state index is 13.2. The number of aliphatic imine (C=N–C) groups is 1. The molecule has 1 saturated heterocycles. The molecule has 16 heteroatoms. The summed E-state index contributed by atoms with van der Waals surface area (Å²) >= 11 is 6.79. The molecule has 0 radical (unpaired) electrons. The minimum Gasteiger partial charge on any atom is -0.426 e. The minimum absolute atomic E-state index is 0.0500. The van der Waals surface area contributed by atoms with Gasteiger partial charge in [-0.05, 0) is 73.4 Å². The lowest BCUT2D eigenvalue weighted by Crippen LogP contribution is -2.41. The number of para-hydroxylation sites is 1. The van der Waals surface area contributed by atoms with E-state index in [1.54, 1.807) is 4.90 Å². The number of ether oxygens (including phenoxy) is 1. The third-order valence-electron chi connectivity index (χ3n) is 7.23. The van der Waals surface area contributed by atoms with E-state index in [1.165, 1.54) is 34.9 Å². The number of unbranched alkanes of at least 4 members (excludes halogenated alkanes) is 1. The van der Waals surface area contributed by atoms with E-state index in [2.05, 4.69) is 37.6 Å². The number of hydrazine groups is 1. The van der Waals surface area contributed by atoms with Crippen LogP contribution in [0.5, 0.6) is 5.75 Å². The van der Waals surface area contributed by atoms with E-state index < -0.39 is 18.0 Å². The van der Waals surface area contributed by atoms with Crippen molar-refractivity contribution in [1.82, 2.24) is 25.6 Å². The Balaban J connectivity index is 1.18. The molecule has 1 aromatic heterocycles. The fraction of sp³-hybridized carbons (Fsp3) is 0.281. The number of carbonyl (C=O) groups excluding carboxylic acids is 1. The number of amidine groups is 1. The molecule has 0 spiro atoms. The Kier molecular flexibility index (Phi) is 10.8. The van der Waals surface area contributed by atoms with Gasteiger partial charge in [0.15, 0.2) is 11.0 Å². The molecule has 5 rings (SSSR count). The molecule has 1 amide bonds. The van der Waals surface area contributed by atoms with Gasteiger partial charge >= 0.3 is 12.3 Å². The van der Waals surface area contributed by atoms with Gasteiger partial charge in [-0.15, -0.1) is 5.10 Å². The Labute approximate surface area is 282 Å². The first-order chi connectivity index (χ1) is 22.9. The second-order valence-corrected chi connectivity index (χ2v) is 12.0. The highest BCUT2D eigenvalue weighted by Crippen LogP contribution is 2.37. The van der Waals surface area contributed by atoms with Crippen molar-refractivity contribution in [3.63, 3.8) is 0 Å². The monoisotopic (exact) mass is 703 g/mol. The summed E-state index contributed by atoms with van der Waals surface area (Å²) in [4.78, 5) is 23.2. The van der Waals surface area contributed by atoms with Crippen LogP contribution in [0.3, 0.4) is 0 Å². The highest BCUT2D eigenvalue weighted by atomic mass is 32.2. The molecule has 0 aliphatic carbocycles.